The van der Waals surface area contributed by atoms with E-state index in [-0.39, 0.29) is 9.92 Å². The number of benzene rings is 2. The minimum absolute atomic E-state index is 0.0390. The monoisotopic (exact) mass is 327 g/mol. The van der Waals surface area contributed by atoms with Gasteiger partial charge in [-0.3, -0.25) is 0 Å². The van der Waals surface area contributed by atoms with Gasteiger partial charge in [-0.15, -0.1) is 9.19 Å². The topological polar surface area (TPSA) is 64.8 Å². The molecule has 0 aliphatic rings. The lowest BCUT2D eigenvalue weighted by Gasteiger charge is -2.06. The molecule has 8 heteroatoms. The summed E-state index contributed by atoms with van der Waals surface area (Å²) in [6, 6.07) is 10.9. The van der Waals surface area contributed by atoms with Gasteiger partial charge in [-0.25, -0.2) is 0 Å². The molecule has 1 aromatic heterocycles. The van der Waals surface area contributed by atoms with Crippen molar-refractivity contribution in [3.8, 4) is 0 Å². The summed E-state index contributed by atoms with van der Waals surface area (Å²) >= 11 is 11.7. The Hall–Kier alpha value is -1.63. The zero-order chi connectivity index (χ0) is 14.3. The van der Waals surface area contributed by atoms with Gasteiger partial charge >= 0.3 is 0 Å². The van der Waals surface area contributed by atoms with Gasteiger partial charge in [0.05, 0.1) is 5.02 Å². The van der Waals surface area contributed by atoms with Crippen molar-refractivity contribution in [2.24, 2.45) is 0 Å². The average molecular weight is 328 g/mol. The fourth-order valence-electron chi connectivity index (χ4n) is 1.80. The van der Waals surface area contributed by atoms with Gasteiger partial charge in [-0.05, 0) is 30.3 Å². The number of hydrogen-bond donors (Lipinski definition) is 0. The van der Waals surface area contributed by atoms with Gasteiger partial charge in [0.2, 0.25) is 0 Å². The Labute approximate surface area is 124 Å². The third kappa shape index (κ3) is 2.06. The van der Waals surface area contributed by atoms with Crippen molar-refractivity contribution in [2.45, 2.75) is 4.90 Å². The largest absolute Gasteiger partial charge is 0.286 e. The van der Waals surface area contributed by atoms with Crippen LogP contribution in [0.1, 0.15) is 0 Å². The van der Waals surface area contributed by atoms with E-state index in [1.54, 1.807) is 24.3 Å². The summed E-state index contributed by atoms with van der Waals surface area (Å²) in [5.41, 5.74) is 0.875. The van der Waals surface area contributed by atoms with Gasteiger partial charge in [0.25, 0.3) is 10.0 Å². The first kappa shape index (κ1) is 13.4. The van der Waals surface area contributed by atoms with Crippen molar-refractivity contribution < 1.29 is 8.42 Å². The van der Waals surface area contributed by atoms with Crippen LogP contribution >= 0.6 is 23.2 Å². The number of aromatic nitrogens is 3. The van der Waals surface area contributed by atoms with Crippen LogP contribution in [0, 0.1) is 0 Å². The Morgan fingerprint density at radius 1 is 1.05 bits per heavy atom. The predicted molar refractivity (Wildman–Crippen MR) is 76.6 cm³/mol. The molecule has 0 saturated carbocycles. The second-order valence-corrected chi connectivity index (χ2v) is 6.58. The Morgan fingerprint density at radius 2 is 1.80 bits per heavy atom. The highest BCUT2D eigenvalue weighted by atomic mass is 35.5. The van der Waals surface area contributed by atoms with Gasteiger partial charge < -0.3 is 0 Å². The molecule has 5 nitrogen and oxygen atoms in total. The molecule has 3 aromatic rings. The number of nitrogens with zero attached hydrogens (tertiary/aromatic N) is 3. The highest BCUT2D eigenvalue weighted by molar-refractivity contribution is 7.90. The molecule has 3 rings (SSSR count). The quantitative estimate of drug-likeness (QED) is 0.725. The molecule has 102 valence electrons. The van der Waals surface area contributed by atoms with Crippen LogP contribution in [-0.4, -0.2) is 22.8 Å². The molecule has 0 saturated heterocycles. The maximum absolute atomic E-state index is 12.6. The smallest absolute Gasteiger partial charge is 0.199 e. The zero-order valence-corrected chi connectivity index (χ0v) is 12.2. The molecule has 0 aliphatic carbocycles. The fraction of sp³-hybridized carbons (Fsp3) is 0. The summed E-state index contributed by atoms with van der Waals surface area (Å²) in [5, 5.41) is 7.91. The Kier molecular flexibility index (Phi) is 3.16. The molecule has 0 atom stereocenters. The zero-order valence-electron chi connectivity index (χ0n) is 9.86. The van der Waals surface area contributed by atoms with Gasteiger partial charge in [0, 0.05) is 5.02 Å². The van der Waals surface area contributed by atoms with Crippen LogP contribution in [0.3, 0.4) is 0 Å². The van der Waals surface area contributed by atoms with Crippen molar-refractivity contribution in [1.29, 1.82) is 0 Å². The van der Waals surface area contributed by atoms with Crippen molar-refractivity contribution >= 4 is 44.3 Å². The summed E-state index contributed by atoms with van der Waals surface area (Å²) in [5.74, 6) is 0. The van der Waals surface area contributed by atoms with Crippen molar-refractivity contribution in [3.05, 3.63) is 52.5 Å². The van der Waals surface area contributed by atoms with E-state index in [0.717, 1.165) is 4.09 Å². The first-order valence-corrected chi connectivity index (χ1v) is 7.71. The summed E-state index contributed by atoms with van der Waals surface area (Å²) in [6.45, 7) is 0. The van der Waals surface area contributed by atoms with Gasteiger partial charge in [0.1, 0.15) is 15.9 Å². The molecular formula is C12H7Cl2N3O2S. The molecule has 0 unspecified atom stereocenters. The molecule has 0 spiro atoms. The standard InChI is InChI=1S/C12H7Cl2N3O2S/c13-8-5-6-12(9(14)7-8)20(18,19)17-11-4-2-1-3-10(11)15-16-17/h1-7H. The highest BCUT2D eigenvalue weighted by Crippen LogP contribution is 2.27. The molecule has 1 heterocycles. The molecule has 0 bridgehead atoms. The molecular weight excluding hydrogens is 321 g/mol. The van der Waals surface area contributed by atoms with Crippen LogP contribution in [0.5, 0.6) is 0 Å². The summed E-state index contributed by atoms with van der Waals surface area (Å²) in [7, 11) is -3.92. The number of rotatable bonds is 2. The van der Waals surface area contributed by atoms with Gasteiger partial charge in [-0.2, -0.15) is 8.42 Å². The van der Waals surface area contributed by atoms with Gasteiger partial charge in [-0.1, -0.05) is 40.5 Å². The van der Waals surface area contributed by atoms with E-state index in [1.165, 1.54) is 18.2 Å². The van der Waals surface area contributed by atoms with Crippen LogP contribution in [-0.2, 0) is 10.0 Å². The van der Waals surface area contributed by atoms with Crippen LogP contribution in [0.25, 0.3) is 11.0 Å². The second kappa shape index (κ2) is 4.73. The maximum Gasteiger partial charge on any atom is 0.286 e. The molecule has 0 fully saturated rings. The molecule has 0 radical (unpaired) electrons. The van der Waals surface area contributed by atoms with E-state index in [1.807, 2.05) is 0 Å². The van der Waals surface area contributed by atoms with E-state index in [4.69, 9.17) is 23.2 Å². The molecule has 0 N–H and O–H groups in total. The van der Waals surface area contributed by atoms with E-state index in [9.17, 15) is 8.42 Å². The van der Waals surface area contributed by atoms with E-state index in [2.05, 4.69) is 10.3 Å². The molecule has 0 aliphatic heterocycles. The van der Waals surface area contributed by atoms with Crippen molar-refractivity contribution in [3.63, 3.8) is 0 Å². The number of halogens is 2. The fourth-order valence-corrected chi connectivity index (χ4v) is 3.78. The first-order valence-electron chi connectivity index (χ1n) is 5.51. The van der Waals surface area contributed by atoms with Crippen LogP contribution in [0.4, 0.5) is 0 Å². The Balaban J connectivity index is 2.26. The maximum atomic E-state index is 12.6. The first-order chi connectivity index (χ1) is 9.50. The number of hydrogen-bond acceptors (Lipinski definition) is 4. The Morgan fingerprint density at radius 3 is 2.55 bits per heavy atom. The lowest BCUT2D eigenvalue weighted by atomic mass is 10.3. The van der Waals surface area contributed by atoms with E-state index >= 15 is 0 Å². The average Bonchev–Trinajstić information content (AvgIpc) is 2.82. The van der Waals surface area contributed by atoms with Crippen LogP contribution in [0.15, 0.2) is 47.4 Å². The minimum Gasteiger partial charge on any atom is -0.199 e. The SMILES string of the molecule is O=S(=O)(c1ccc(Cl)cc1Cl)n1nnc2ccccc21. The molecule has 0 amide bonds. The third-order valence-electron chi connectivity index (χ3n) is 2.72. The van der Waals surface area contributed by atoms with Crippen molar-refractivity contribution in [2.75, 3.05) is 0 Å². The minimum atomic E-state index is -3.92. The van der Waals surface area contributed by atoms with Gasteiger partial charge in [0.15, 0.2) is 0 Å². The molecule has 2 aromatic carbocycles. The number of para-hydroxylation sites is 1. The third-order valence-corrected chi connectivity index (χ3v) is 5.02. The lowest BCUT2D eigenvalue weighted by molar-refractivity contribution is 0.579. The van der Waals surface area contributed by atoms with Crippen LogP contribution < -0.4 is 0 Å². The summed E-state index contributed by atoms with van der Waals surface area (Å²) < 4.78 is 26.0. The Bertz CT molecular complexity index is 906. The second-order valence-electron chi connectivity index (χ2n) is 4.00. The lowest BCUT2D eigenvalue weighted by Crippen LogP contribution is -2.15. The highest BCUT2D eigenvalue weighted by Gasteiger charge is 2.23. The van der Waals surface area contributed by atoms with E-state index in [0.29, 0.717) is 16.1 Å². The number of fused-ring (bicyclic) bond motifs is 1. The molecule has 20 heavy (non-hydrogen) atoms. The normalized spacial score (nSPS) is 11.9. The summed E-state index contributed by atoms with van der Waals surface area (Å²) in [4.78, 5) is -0.0702. The van der Waals surface area contributed by atoms with E-state index < -0.39 is 10.0 Å². The summed E-state index contributed by atoms with van der Waals surface area (Å²) in [6.07, 6.45) is 0. The van der Waals surface area contributed by atoms with Crippen LogP contribution in [0.2, 0.25) is 10.0 Å². The van der Waals surface area contributed by atoms with Crippen molar-refractivity contribution in [1.82, 2.24) is 14.4 Å². The predicted octanol–water partition coefficient (Wildman–Crippen LogP) is 2.98.